The molecular weight excluding hydrogens is 448 g/mol. The Morgan fingerprint density at radius 2 is 1.27 bits per heavy atom. The van der Waals surface area contributed by atoms with E-state index in [0.29, 0.717) is 0 Å². The van der Waals surface area contributed by atoms with Gasteiger partial charge in [-0.1, -0.05) is 72.8 Å². The summed E-state index contributed by atoms with van der Waals surface area (Å²) in [6, 6.07) is 38.6. The Morgan fingerprint density at radius 3 is 1.86 bits per heavy atom. The van der Waals surface area contributed by atoms with E-state index in [-0.39, 0.29) is 0 Å². The Bertz CT molecular complexity index is 1270. The van der Waals surface area contributed by atoms with Crippen molar-refractivity contribution in [2.75, 3.05) is 36.0 Å². The minimum absolute atomic E-state index is 0.874. The number of allylic oxidation sites excluding steroid dienone is 1. The lowest BCUT2D eigenvalue weighted by Crippen LogP contribution is -2.22. The van der Waals surface area contributed by atoms with Crippen LogP contribution in [0, 0.1) is 6.07 Å². The molecule has 0 N–H and O–H groups in total. The van der Waals surface area contributed by atoms with E-state index >= 15 is 0 Å². The zero-order valence-corrected chi connectivity index (χ0v) is 22.7. The van der Waals surface area contributed by atoms with Crippen molar-refractivity contribution in [3.05, 3.63) is 120 Å². The fourth-order valence-electron chi connectivity index (χ4n) is 4.94. The third-order valence-electron chi connectivity index (χ3n) is 7.07. The molecule has 0 amide bonds. The van der Waals surface area contributed by atoms with E-state index in [0.717, 1.165) is 38.3 Å². The van der Waals surface area contributed by atoms with Crippen LogP contribution >= 0.6 is 0 Å². The lowest BCUT2D eigenvalue weighted by Gasteiger charge is -2.24. The minimum Gasteiger partial charge on any atom is -0.372 e. The van der Waals surface area contributed by atoms with Crippen LogP contribution in [0.2, 0.25) is 0 Å². The van der Waals surface area contributed by atoms with Crippen LogP contribution < -0.4 is 9.80 Å². The van der Waals surface area contributed by atoms with E-state index in [1.165, 1.54) is 39.1 Å². The summed E-state index contributed by atoms with van der Waals surface area (Å²) in [5.41, 5.74) is 9.94. The molecule has 1 radical (unpaired) electrons. The predicted molar refractivity (Wildman–Crippen MR) is 162 cm³/mol. The number of hydrogen-bond donors (Lipinski definition) is 0. The molecule has 0 bridgehead atoms. The molecular formula is C35H39N2. The third-order valence-corrected chi connectivity index (χ3v) is 7.07. The molecule has 0 saturated carbocycles. The van der Waals surface area contributed by atoms with Gasteiger partial charge >= 0.3 is 0 Å². The van der Waals surface area contributed by atoms with Gasteiger partial charge in [-0.05, 0) is 97.8 Å². The largest absolute Gasteiger partial charge is 0.372 e. The molecule has 37 heavy (non-hydrogen) atoms. The van der Waals surface area contributed by atoms with E-state index in [4.69, 9.17) is 0 Å². The van der Waals surface area contributed by atoms with Gasteiger partial charge in [0.1, 0.15) is 0 Å². The Balaban J connectivity index is 1.84. The number of benzene rings is 4. The average molecular weight is 488 g/mol. The topological polar surface area (TPSA) is 6.48 Å². The molecule has 4 aromatic rings. The van der Waals surface area contributed by atoms with Gasteiger partial charge in [0.25, 0.3) is 0 Å². The van der Waals surface area contributed by atoms with Crippen molar-refractivity contribution in [3.8, 4) is 11.1 Å². The summed E-state index contributed by atoms with van der Waals surface area (Å²) < 4.78 is 0. The second kappa shape index (κ2) is 13.0. The van der Waals surface area contributed by atoms with Gasteiger partial charge in [0.15, 0.2) is 0 Å². The Labute approximate surface area is 223 Å². The van der Waals surface area contributed by atoms with Crippen LogP contribution in [0.25, 0.3) is 22.8 Å². The second-order valence-corrected chi connectivity index (χ2v) is 9.28. The van der Waals surface area contributed by atoms with Gasteiger partial charge in [-0.2, -0.15) is 0 Å². The van der Waals surface area contributed by atoms with Crippen LogP contribution in [0.4, 0.5) is 11.4 Å². The highest BCUT2D eigenvalue weighted by Gasteiger charge is 2.13. The molecule has 189 valence electrons. The smallest absolute Gasteiger partial charge is 0.0520 e. The number of rotatable bonds is 11. The molecule has 0 saturated heterocycles. The maximum atomic E-state index is 3.64. The van der Waals surface area contributed by atoms with Gasteiger partial charge in [0.05, 0.1) is 5.69 Å². The Morgan fingerprint density at radius 1 is 0.676 bits per heavy atom. The summed E-state index contributed by atoms with van der Waals surface area (Å²) in [5.74, 6) is 0. The summed E-state index contributed by atoms with van der Waals surface area (Å²) in [6.45, 7) is 12.8. The molecule has 0 fully saturated rings. The third kappa shape index (κ3) is 6.51. The zero-order valence-electron chi connectivity index (χ0n) is 22.7. The molecule has 0 aliphatic carbocycles. The fraction of sp³-hybridized carbons (Fsp3) is 0.257. The van der Waals surface area contributed by atoms with Crippen molar-refractivity contribution in [3.63, 3.8) is 0 Å². The first-order valence-electron chi connectivity index (χ1n) is 13.6. The predicted octanol–water partition coefficient (Wildman–Crippen LogP) is 8.63. The summed E-state index contributed by atoms with van der Waals surface area (Å²) in [4.78, 5) is 4.78. The zero-order chi connectivity index (χ0) is 26.0. The number of hydrogen-bond acceptors (Lipinski definition) is 2. The van der Waals surface area contributed by atoms with Crippen molar-refractivity contribution in [2.24, 2.45) is 0 Å². The molecule has 0 heterocycles. The number of anilines is 2. The normalized spacial score (nSPS) is 11.4. The highest BCUT2D eigenvalue weighted by atomic mass is 15.1. The molecule has 0 spiro atoms. The lowest BCUT2D eigenvalue weighted by atomic mass is 9.93. The number of nitrogens with zero attached hydrogens (tertiary/aromatic N) is 2. The molecule has 0 aliphatic heterocycles. The van der Waals surface area contributed by atoms with Crippen LogP contribution in [0.1, 0.15) is 44.4 Å². The monoisotopic (exact) mass is 487 g/mol. The summed E-state index contributed by atoms with van der Waals surface area (Å²) in [7, 11) is 0. The maximum Gasteiger partial charge on any atom is 0.0520 e. The first-order valence-corrected chi connectivity index (χ1v) is 13.6. The van der Waals surface area contributed by atoms with Gasteiger partial charge in [0.2, 0.25) is 0 Å². The van der Waals surface area contributed by atoms with Gasteiger partial charge in [-0.3, -0.25) is 0 Å². The van der Waals surface area contributed by atoms with Crippen molar-refractivity contribution < 1.29 is 0 Å². The molecule has 0 aliphatic rings. The van der Waals surface area contributed by atoms with E-state index in [1.54, 1.807) is 0 Å². The molecule has 0 unspecified atom stereocenters. The van der Waals surface area contributed by atoms with Crippen molar-refractivity contribution >= 4 is 23.0 Å². The van der Waals surface area contributed by atoms with Crippen molar-refractivity contribution in [2.45, 2.75) is 34.1 Å². The minimum atomic E-state index is 0.874. The van der Waals surface area contributed by atoms with Crippen LogP contribution in [-0.2, 0) is 6.42 Å². The lowest BCUT2D eigenvalue weighted by molar-refractivity contribution is 0.864. The molecule has 2 heteroatoms. The quantitative estimate of drug-likeness (QED) is 0.195. The van der Waals surface area contributed by atoms with Gasteiger partial charge in [-0.15, -0.1) is 0 Å². The van der Waals surface area contributed by atoms with E-state index in [9.17, 15) is 0 Å². The fourth-order valence-corrected chi connectivity index (χ4v) is 4.94. The average Bonchev–Trinajstić information content (AvgIpc) is 2.96. The standard InChI is InChI=1S/C35H39N2/c1-5-36(6-2)34-22-19-30(20-23-34)32(25-28-15-11-9-12-16-28)27-33-26-31(29-17-13-10-14-18-29)21-24-35(33)37(7-3)8-4/h9-23,26-27H,5-8,25H2,1-4H3. The SMILES string of the molecule is CCN(CC)c1ccc(C(=Cc2cc(-c3ccccc3)c[c]c2N(CC)CC)Cc2ccccc2)cc1. The molecule has 4 rings (SSSR count). The summed E-state index contributed by atoms with van der Waals surface area (Å²) >= 11 is 0. The van der Waals surface area contributed by atoms with E-state index < -0.39 is 0 Å². The molecule has 0 aromatic heterocycles. The maximum absolute atomic E-state index is 3.64. The van der Waals surface area contributed by atoms with Crippen LogP contribution in [0.3, 0.4) is 0 Å². The van der Waals surface area contributed by atoms with E-state index in [1.807, 2.05) is 0 Å². The van der Waals surface area contributed by atoms with Crippen LogP contribution in [-0.4, -0.2) is 26.2 Å². The van der Waals surface area contributed by atoms with Gasteiger partial charge in [0, 0.05) is 37.9 Å². The first kappa shape index (κ1) is 26.3. The van der Waals surface area contributed by atoms with Gasteiger partial charge < -0.3 is 9.80 Å². The van der Waals surface area contributed by atoms with Crippen LogP contribution in [0.5, 0.6) is 0 Å². The van der Waals surface area contributed by atoms with Crippen molar-refractivity contribution in [1.82, 2.24) is 0 Å². The Kier molecular flexibility index (Phi) is 9.21. The molecule has 0 atom stereocenters. The highest BCUT2D eigenvalue weighted by Crippen LogP contribution is 2.32. The molecule has 4 aromatic carbocycles. The second-order valence-electron chi connectivity index (χ2n) is 9.28. The highest BCUT2D eigenvalue weighted by molar-refractivity contribution is 5.88. The summed E-state index contributed by atoms with van der Waals surface area (Å²) in [5, 5.41) is 0. The van der Waals surface area contributed by atoms with Crippen molar-refractivity contribution in [1.29, 1.82) is 0 Å². The first-order chi connectivity index (χ1) is 18.2. The summed E-state index contributed by atoms with van der Waals surface area (Å²) in [6.07, 6.45) is 3.26. The Hall–Kier alpha value is -3.78. The van der Waals surface area contributed by atoms with E-state index in [2.05, 4.69) is 147 Å². The van der Waals surface area contributed by atoms with Gasteiger partial charge in [-0.25, -0.2) is 0 Å². The van der Waals surface area contributed by atoms with Crippen LogP contribution in [0.15, 0.2) is 97.1 Å². The molecule has 2 nitrogen and oxygen atoms in total.